The Bertz CT molecular complexity index is 1990. The SMILES string of the molecule is CO[C@H]1[C@H]2O[P@@](=O)(S)OC[C@H]3OC(n4cnc5c(N)ncnc54)C[C@@H]3OS(=O)(=O)NC[C@H]1O[C@H]2n1cnc2c(=O)[nH]c(N)nc21. The van der Waals surface area contributed by atoms with E-state index in [4.69, 9.17) is 38.9 Å². The number of nitrogen functional groups attached to an aromatic ring is 2. The monoisotopic (exact) mass is 687 g/mol. The standard InChI is InChI=1S/C21H26N11O10PS2/c1-37-14-9-3-28-45(35,36)42-8-2-11(31-6-26-12-16(22)24-5-25-17(12)31)39-10(8)4-38-43(34,44)41-15(14)20(40-9)32-7-27-13-18(32)29-21(23)30-19(13)33/h5-11,14-15,20,28H,2-4H2,1H3,(H,34,44)(H2,22,24,25)(H3,23,29,30,33)/t8-,9+,10+,11?,14+,15+,20+,43-/m0/s1. The molecular formula is C21H26N11O10PS2. The van der Waals surface area contributed by atoms with Gasteiger partial charge in [0.15, 0.2) is 28.9 Å². The van der Waals surface area contributed by atoms with E-state index in [1.165, 1.54) is 30.7 Å². The summed E-state index contributed by atoms with van der Waals surface area (Å²) in [6.07, 6.45) is -3.52. The van der Waals surface area contributed by atoms with Crippen molar-refractivity contribution in [3.8, 4) is 0 Å². The number of aromatic nitrogens is 8. The predicted octanol–water partition coefficient (Wildman–Crippen LogP) is -1.00. The molecular weight excluding hydrogens is 661 g/mol. The third-order valence-corrected chi connectivity index (χ3v) is 10.2. The van der Waals surface area contributed by atoms with E-state index < -0.39 is 72.2 Å². The second-order valence-corrected chi connectivity index (χ2v) is 14.5. The number of ether oxygens (including phenoxy) is 3. The van der Waals surface area contributed by atoms with Crippen molar-refractivity contribution in [1.29, 1.82) is 0 Å². The molecule has 242 valence electrons. The van der Waals surface area contributed by atoms with E-state index in [-0.39, 0.29) is 35.9 Å². The van der Waals surface area contributed by atoms with Crippen LogP contribution < -0.4 is 21.7 Å². The van der Waals surface area contributed by atoms with Gasteiger partial charge in [0.2, 0.25) is 5.95 Å². The lowest BCUT2D eigenvalue weighted by molar-refractivity contribution is -0.0454. The van der Waals surface area contributed by atoms with Crippen LogP contribution in [0.25, 0.3) is 22.3 Å². The smallest absolute Gasteiger partial charge is 0.382 e. The molecule has 45 heavy (non-hydrogen) atoms. The molecule has 1 unspecified atom stereocenters. The number of H-pyrrole nitrogens is 1. The van der Waals surface area contributed by atoms with Crippen molar-refractivity contribution >= 4 is 63.4 Å². The summed E-state index contributed by atoms with van der Waals surface area (Å²) in [7, 11) is -3.10. The van der Waals surface area contributed by atoms with Gasteiger partial charge >= 0.3 is 17.1 Å². The van der Waals surface area contributed by atoms with Gasteiger partial charge in [-0.3, -0.25) is 32.1 Å². The summed E-state index contributed by atoms with van der Waals surface area (Å²) < 4.78 is 80.0. The summed E-state index contributed by atoms with van der Waals surface area (Å²) >= 11 is 4.18. The second-order valence-electron chi connectivity index (χ2n) is 10.3. The first-order valence-electron chi connectivity index (χ1n) is 13.3. The molecule has 4 aromatic rings. The molecule has 3 fully saturated rings. The van der Waals surface area contributed by atoms with Crippen LogP contribution in [0.5, 0.6) is 0 Å². The van der Waals surface area contributed by atoms with Crippen LogP contribution in [-0.2, 0) is 42.3 Å². The average molecular weight is 688 g/mol. The predicted molar refractivity (Wildman–Crippen MR) is 155 cm³/mol. The van der Waals surface area contributed by atoms with Crippen LogP contribution >= 0.6 is 19.0 Å². The molecule has 8 atom stereocenters. The minimum absolute atomic E-state index is 0.0102. The van der Waals surface area contributed by atoms with Gasteiger partial charge in [0.25, 0.3) is 5.56 Å². The van der Waals surface area contributed by atoms with Gasteiger partial charge in [-0.25, -0.2) is 24.5 Å². The number of nitrogens with one attached hydrogen (secondary N) is 2. The number of nitrogens with two attached hydrogens (primary N) is 2. The maximum Gasteiger partial charge on any atom is 0.386 e. The number of nitrogens with zero attached hydrogens (tertiary/aromatic N) is 7. The molecule has 7 heterocycles. The summed E-state index contributed by atoms with van der Waals surface area (Å²) in [5.41, 5.74) is 11.7. The third-order valence-electron chi connectivity index (χ3n) is 7.53. The van der Waals surface area contributed by atoms with E-state index in [0.717, 1.165) is 0 Å². The zero-order valence-electron chi connectivity index (χ0n) is 23.1. The molecule has 3 aliphatic heterocycles. The molecule has 0 amide bonds. The molecule has 0 radical (unpaired) electrons. The van der Waals surface area contributed by atoms with E-state index >= 15 is 0 Å². The van der Waals surface area contributed by atoms with Crippen LogP contribution in [0.2, 0.25) is 0 Å². The Labute approximate surface area is 257 Å². The third kappa shape index (κ3) is 5.58. The normalized spacial score (nSPS) is 33.9. The highest BCUT2D eigenvalue weighted by Crippen LogP contribution is 2.57. The average Bonchev–Trinajstić information content (AvgIpc) is 3.74. The van der Waals surface area contributed by atoms with Crippen molar-refractivity contribution in [2.45, 2.75) is 49.4 Å². The number of hydrogen-bond acceptors (Lipinski definition) is 17. The van der Waals surface area contributed by atoms with Gasteiger partial charge in [-0.05, 0) is 0 Å². The van der Waals surface area contributed by atoms with Crippen LogP contribution in [-0.4, -0.2) is 98.2 Å². The Kier molecular flexibility index (Phi) is 7.58. The highest BCUT2D eigenvalue weighted by atomic mass is 32.7. The van der Waals surface area contributed by atoms with Gasteiger partial charge < -0.3 is 25.7 Å². The van der Waals surface area contributed by atoms with Crippen molar-refractivity contribution < 1.29 is 40.4 Å². The Balaban J connectivity index is 1.21. The summed E-state index contributed by atoms with van der Waals surface area (Å²) in [5.74, 6) is -0.0399. The largest absolute Gasteiger partial charge is 0.386 e. The highest BCUT2D eigenvalue weighted by molar-refractivity contribution is 8.44. The Hall–Kier alpha value is -3.25. The molecule has 0 saturated carbocycles. The molecule has 0 spiro atoms. The van der Waals surface area contributed by atoms with Gasteiger partial charge in [-0.2, -0.15) is 18.1 Å². The Morgan fingerprint density at radius 2 is 1.84 bits per heavy atom. The van der Waals surface area contributed by atoms with Crippen molar-refractivity contribution in [3.05, 3.63) is 29.3 Å². The summed E-state index contributed by atoms with van der Waals surface area (Å²) in [6.45, 7) is -5.06. The Morgan fingerprint density at radius 1 is 1.07 bits per heavy atom. The van der Waals surface area contributed by atoms with E-state index in [1.807, 2.05) is 0 Å². The van der Waals surface area contributed by atoms with E-state index in [9.17, 15) is 17.8 Å². The number of anilines is 2. The van der Waals surface area contributed by atoms with Crippen LogP contribution in [0, 0.1) is 0 Å². The number of methoxy groups -OCH3 is 1. The van der Waals surface area contributed by atoms with Gasteiger partial charge in [-0.15, -0.1) is 0 Å². The van der Waals surface area contributed by atoms with E-state index in [1.54, 1.807) is 4.57 Å². The van der Waals surface area contributed by atoms with Gasteiger partial charge in [0.05, 0.1) is 19.3 Å². The molecule has 7 rings (SSSR count). The fraction of sp³-hybridized carbons (Fsp3) is 0.524. The lowest BCUT2D eigenvalue weighted by Gasteiger charge is -2.26. The maximum atomic E-state index is 13.6. The number of rotatable bonds is 3. The van der Waals surface area contributed by atoms with Gasteiger partial charge in [-0.1, -0.05) is 12.2 Å². The lowest BCUT2D eigenvalue weighted by Crippen LogP contribution is -2.43. The van der Waals surface area contributed by atoms with Gasteiger partial charge in [0, 0.05) is 20.1 Å². The van der Waals surface area contributed by atoms with Crippen molar-refractivity contribution in [1.82, 2.24) is 43.8 Å². The molecule has 24 heteroatoms. The molecule has 0 aromatic carbocycles. The van der Waals surface area contributed by atoms with Crippen molar-refractivity contribution in [2.24, 2.45) is 0 Å². The van der Waals surface area contributed by atoms with Crippen LogP contribution in [0.4, 0.5) is 11.8 Å². The molecule has 0 aliphatic carbocycles. The molecule has 3 saturated heterocycles. The summed E-state index contributed by atoms with van der Waals surface area (Å²) in [5, 5.41) is 0. The fourth-order valence-electron chi connectivity index (χ4n) is 5.56. The van der Waals surface area contributed by atoms with E-state index in [2.05, 4.69) is 46.9 Å². The number of thiol groups is 1. The molecule has 4 aromatic heterocycles. The number of fused-ring (bicyclic) bond motifs is 5. The highest BCUT2D eigenvalue weighted by Gasteiger charge is 2.51. The fourth-order valence-corrected chi connectivity index (χ4v) is 7.98. The number of hydrogen-bond donors (Lipinski definition) is 5. The van der Waals surface area contributed by atoms with Crippen molar-refractivity contribution in [3.63, 3.8) is 0 Å². The number of aromatic amines is 1. The summed E-state index contributed by atoms with van der Waals surface area (Å²) in [6, 6.07) is 0. The first kappa shape index (κ1) is 30.4. The number of imidazole rings is 2. The minimum atomic E-state index is -4.43. The molecule has 21 nitrogen and oxygen atoms in total. The van der Waals surface area contributed by atoms with E-state index in [0.29, 0.717) is 11.2 Å². The quantitative estimate of drug-likeness (QED) is 0.127. The van der Waals surface area contributed by atoms with Crippen LogP contribution in [0.15, 0.2) is 23.8 Å². The topological polar surface area (TPSA) is 278 Å². The first-order chi connectivity index (χ1) is 21.4. The zero-order chi connectivity index (χ0) is 31.7. The van der Waals surface area contributed by atoms with Gasteiger partial charge in [0.1, 0.15) is 48.6 Å². The molecule has 3 aliphatic rings. The first-order valence-corrected chi connectivity index (χ1v) is 17.4. The minimum Gasteiger partial charge on any atom is -0.382 e. The van der Waals surface area contributed by atoms with Crippen LogP contribution in [0.1, 0.15) is 18.9 Å². The molecule has 6 N–H and O–H groups in total. The van der Waals surface area contributed by atoms with Crippen molar-refractivity contribution in [2.75, 3.05) is 31.7 Å². The summed E-state index contributed by atoms with van der Waals surface area (Å²) in [4.78, 5) is 35.3. The Morgan fingerprint density at radius 3 is 2.64 bits per heavy atom. The lowest BCUT2D eigenvalue weighted by atomic mass is 10.1. The maximum absolute atomic E-state index is 13.6. The van der Waals surface area contributed by atoms with Crippen LogP contribution in [0.3, 0.4) is 0 Å². The second kappa shape index (κ2) is 11.2. The molecule has 2 bridgehead atoms. The zero-order valence-corrected chi connectivity index (χ0v) is 25.7.